The Morgan fingerprint density at radius 1 is 1.13 bits per heavy atom. The molecule has 0 aromatic heterocycles. The third-order valence-electron chi connectivity index (χ3n) is 6.22. The molecule has 2 aromatic carbocycles. The van der Waals surface area contributed by atoms with Crippen molar-refractivity contribution in [3.8, 4) is 0 Å². The van der Waals surface area contributed by atoms with Crippen LogP contribution in [0, 0.1) is 6.92 Å². The molecule has 0 saturated carbocycles. The van der Waals surface area contributed by atoms with Gasteiger partial charge in [-0.3, -0.25) is 9.69 Å². The first-order chi connectivity index (χ1) is 14.5. The average molecular weight is 410 g/mol. The largest absolute Gasteiger partial charge is 0.392 e. The van der Waals surface area contributed by atoms with E-state index >= 15 is 0 Å². The Bertz CT molecular complexity index is 907. The van der Waals surface area contributed by atoms with Crippen molar-refractivity contribution in [3.63, 3.8) is 0 Å². The van der Waals surface area contributed by atoms with Gasteiger partial charge in [0.1, 0.15) is 0 Å². The highest BCUT2D eigenvalue weighted by atomic mass is 16.3. The molecule has 1 heterocycles. The summed E-state index contributed by atoms with van der Waals surface area (Å²) in [5.41, 5.74) is 6.00. The molecule has 1 saturated heterocycles. The number of anilines is 2. The molecule has 1 atom stereocenters. The second-order valence-corrected chi connectivity index (χ2v) is 8.53. The SMILES string of the molecule is Cc1ccc(NC2CCN(CC(=O)Nc3ccc4c(c3)CCC4O)CC2)c(CO)c1. The van der Waals surface area contributed by atoms with Crippen molar-refractivity contribution in [3.05, 3.63) is 58.7 Å². The van der Waals surface area contributed by atoms with Crippen molar-refractivity contribution < 1.29 is 15.0 Å². The van der Waals surface area contributed by atoms with Crippen molar-refractivity contribution in [2.45, 2.75) is 51.4 Å². The minimum atomic E-state index is -0.368. The Labute approximate surface area is 177 Å². The summed E-state index contributed by atoms with van der Waals surface area (Å²) >= 11 is 0. The lowest BCUT2D eigenvalue weighted by Gasteiger charge is -2.32. The van der Waals surface area contributed by atoms with Crippen molar-refractivity contribution in [1.29, 1.82) is 0 Å². The minimum absolute atomic E-state index is 0.000931. The second kappa shape index (κ2) is 9.16. The smallest absolute Gasteiger partial charge is 0.238 e. The van der Waals surface area contributed by atoms with E-state index in [1.807, 2.05) is 37.3 Å². The van der Waals surface area contributed by atoms with Gasteiger partial charge in [-0.05, 0) is 61.9 Å². The van der Waals surface area contributed by atoms with Gasteiger partial charge in [0.15, 0.2) is 0 Å². The zero-order valence-corrected chi connectivity index (χ0v) is 17.5. The highest BCUT2D eigenvalue weighted by Crippen LogP contribution is 2.32. The molecule has 1 amide bonds. The molecule has 160 valence electrons. The molecular formula is C24H31N3O3. The van der Waals surface area contributed by atoms with Gasteiger partial charge in [-0.1, -0.05) is 23.8 Å². The molecule has 0 radical (unpaired) electrons. The van der Waals surface area contributed by atoms with Gasteiger partial charge in [0.25, 0.3) is 0 Å². The van der Waals surface area contributed by atoms with E-state index in [9.17, 15) is 15.0 Å². The molecule has 6 heteroatoms. The molecule has 2 aromatic rings. The van der Waals surface area contributed by atoms with Gasteiger partial charge in [-0.25, -0.2) is 0 Å². The number of nitrogens with zero attached hydrogens (tertiary/aromatic N) is 1. The van der Waals surface area contributed by atoms with Crippen molar-refractivity contribution in [2.75, 3.05) is 30.3 Å². The Kier molecular flexibility index (Phi) is 6.37. The number of benzene rings is 2. The molecule has 0 spiro atoms. The number of carbonyl (C=O) groups excluding carboxylic acids is 1. The van der Waals surface area contributed by atoms with Crippen LogP contribution in [0.25, 0.3) is 0 Å². The molecule has 1 fully saturated rings. The van der Waals surface area contributed by atoms with Crippen LogP contribution < -0.4 is 10.6 Å². The van der Waals surface area contributed by atoms with E-state index in [1.165, 1.54) is 0 Å². The van der Waals surface area contributed by atoms with Gasteiger partial charge in [0.05, 0.1) is 19.3 Å². The zero-order valence-electron chi connectivity index (χ0n) is 17.5. The number of fused-ring (bicyclic) bond motifs is 1. The summed E-state index contributed by atoms with van der Waals surface area (Å²) in [5, 5.41) is 26.1. The molecule has 1 aliphatic heterocycles. The third kappa shape index (κ3) is 4.83. The Hall–Kier alpha value is -2.41. The number of piperidine rings is 1. The lowest BCUT2D eigenvalue weighted by Crippen LogP contribution is -2.42. The Morgan fingerprint density at radius 2 is 1.93 bits per heavy atom. The molecule has 30 heavy (non-hydrogen) atoms. The maximum atomic E-state index is 12.5. The highest BCUT2D eigenvalue weighted by Gasteiger charge is 2.23. The lowest BCUT2D eigenvalue weighted by molar-refractivity contribution is -0.117. The fraction of sp³-hybridized carbons (Fsp3) is 0.458. The third-order valence-corrected chi connectivity index (χ3v) is 6.22. The molecule has 0 bridgehead atoms. The maximum Gasteiger partial charge on any atom is 0.238 e. The first kappa shape index (κ1) is 20.8. The first-order valence-electron chi connectivity index (χ1n) is 10.8. The van der Waals surface area contributed by atoms with E-state index < -0.39 is 0 Å². The Morgan fingerprint density at radius 3 is 2.70 bits per heavy atom. The number of aryl methyl sites for hydroxylation is 2. The van der Waals surface area contributed by atoms with Crippen LogP contribution in [-0.4, -0.2) is 46.7 Å². The molecule has 1 aliphatic carbocycles. The van der Waals surface area contributed by atoms with Gasteiger partial charge in [0.2, 0.25) is 5.91 Å². The monoisotopic (exact) mass is 409 g/mol. The van der Waals surface area contributed by atoms with Crippen LogP contribution in [-0.2, 0) is 17.8 Å². The van der Waals surface area contributed by atoms with E-state index in [0.29, 0.717) is 12.6 Å². The number of carbonyl (C=O) groups is 1. The lowest BCUT2D eigenvalue weighted by atomic mass is 10.0. The van der Waals surface area contributed by atoms with E-state index in [2.05, 4.69) is 21.6 Å². The summed E-state index contributed by atoms with van der Waals surface area (Å²) in [6, 6.07) is 12.2. The molecule has 4 rings (SSSR count). The van der Waals surface area contributed by atoms with Gasteiger partial charge in [0, 0.05) is 36.1 Å². The van der Waals surface area contributed by atoms with Crippen LogP contribution in [0.3, 0.4) is 0 Å². The van der Waals surface area contributed by atoms with Crippen molar-refractivity contribution in [2.24, 2.45) is 0 Å². The highest BCUT2D eigenvalue weighted by molar-refractivity contribution is 5.92. The predicted molar refractivity (Wildman–Crippen MR) is 119 cm³/mol. The van der Waals surface area contributed by atoms with Crippen LogP contribution in [0.2, 0.25) is 0 Å². The number of likely N-dealkylation sites (tertiary alicyclic amines) is 1. The van der Waals surface area contributed by atoms with E-state index in [-0.39, 0.29) is 18.6 Å². The normalized spacial score (nSPS) is 19.5. The predicted octanol–water partition coefficient (Wildman–Crippen LogP) is 2.98. The number of nitrogens with one attached hydrogen (secondary N) is 2. The summed E-state index contributed by atoms with van der Waals surface area (Å²) in [6.07, 6.45) is 3.18. The zero-order chi connectivity index (χ0) is 21.1. The summed E-state index contributed by atoms with van der Waals surface area (Å²) in [5.74, 6) is 0.000931. The Balaban J connectivity index is 1.25. The van der Waals surface area contributed by atoms with Crippen LogP contribution in [0.1, 0.15) is 47.6 Å². The summed E-state index contributed by atoms with van der Waals surface area (Å²) in [4.78, 5) is 14.7. The van der Waals surface area contributed by atoms with Crippen LogP contribution in [0.5, 0.6) is 0 Å². The number of amides is 1. The minimum Gasteiger partial charge on any atom is -0.392 e. The molecular weight excluding hydrogens is 378 g/mol. The van der Waals surface area contributed by atoms with E-state index in [0.717, 1.165) is 72.4 Å². The fourth-order valence-electron chi connectivity index (χ4n) is 4.53. The maximum absolute atomic E-state index is 12.5. The van der Waals surface area contributed by atoms with Crippen LogP contribution in [0.15, 0.2) is 36.4 Å². The first-order valence-corrected chi connectivity index (χ1v) is 10.8. The fourth-order valence-corrected chi connectivity index (χ4v) is 4.53. The summed E-state index contributed by atoms with van der Waals surface area (Å²) < 4.78 is 0. The number of aliphatic hydroxyl groups is 2. The van der Waals surface area contributed by atoms with Gasteiger partial charge in [-0.2, -0.15) is 0 Å². The number of aliphatic hydroxyl groups excluding tert-OH is 2. The molecule has 2 aliphatic rings. The van der Waals surface area contributed by atoms with Crippen molar-refractivity contribution in [1.82, 2.24) is 4.90 Å². The van der Waals surface area contributed by atoms with Crippen molar-refractivity contribution >= 4 is 17.3 Å². The number of hydrogen-bond acceptors (Lipinski definition) is 5. The summed E-state index contributed by atoms with van der Waals surface area (Å²) in [7, 11) is 0. The van der Waals surface area contributed by atoms with Crippen LogP contribution in [0.4, 0.5) is 11.4 Å². The quantitative estimate of drug-likeness (QED) is 0.590. The topological polar surface area (TPSA) is 84.8 Å². The van der Waals surface area contributed by atoms with E-state index in [4.69, 9.17) is 0 Å². The number of hydrogen-bond donors (Lipinski definition) is 4. The molecule has 6 nitrogen and oxygen atoms in total. The average Bonchev–Trinajstić information content (AvgIpc) is 3.10. The van der Waals surface area contributed by atoms with Gasteiger partial charge in [-0.15, -0.1) is 0 Å². The summed E-state index contributed by atoms with van der Waals surface area (Å²) in [6.45, 7) is 4.17. The van der Waals surface area contributed by atoms with Crippen LogP contribution >= 0.6 is 0 Å². The molecule has 4 N–H and O–H groups in total. The molecule has 1 unspecified atom stereocenters. The van der Waals surface area contributed by atoms with Gasteiger partial charge >= 0.3 is 0 Å². The van der Waals surface area contributed by atoms with Gasteiger partial charge < -0.3 is 20.8 Å². The standard InChI is InChI=1S/C24H31N3O3/c1-16-2-6-22(18(12-16)15-28)25-19-8-10-27(11-9-19)14-24(30)26-20-4-5-21-17(13-20)3-7-23(21)29/h2,4-6,12-13,19,23,25,28-29H,3,7-11,14-15H2,1H3,(H,26,30). The second-order valence-electron chi connectivity index (χ2n) is 8.53. The number of rotatable bonds is 6. The van der Waals surface area contributed by atoms with E-state index in [1.54, 1.807) is 0 Å².